The van der Waals surface area contributed by atoms with Crippen LogP contribution in [0.4, 0.5) is 10.5 Å². The Morgan fingerprint density at radius 2 is 1.67 bits per heavy atom. The van der Waals surface area contributed by atoms with E-state index in [4.69, 9.17) is 4.74 Å². The molecule has 6 nitrogen and oxygen atoms in total. The summed E-state index contributed by atoms with van der Waals surface area (Å²) in [5.74, 6) is 1.19. The summed E-state index contributed by atoms with van der Waals surface area (Å²) in [6.07, 6.45) is 1.89. The van der Waals surface area contributed by atoms with Crippen molar-refractivity contribution < 1.29 is 14.3 Å². The first kappa shape index (κ1) is 23.9. The van der Waals surface area contributed by atoms with Crippen LogP contribution in [0.15, 0.2) is 24.3 Å². The van der Waals surface area contributed by atoms with Crippen molar-refractivity contribution in [2.45, 2.75) is 12.8 Å². The Morgan fingerprint density at radius 1 is 1.00 bits per heavy atom. The molecule has 1 aromatic carbocycles. The van der Waals surface area contributed by atoms with Crippen molar-refractivity contribution in [3.63, 3.8) is 0 Å². The maximum atomic E-state index is 11.6. The van der Waals surface area contributed by atoms with Gasteiger partial charge in [-0.15, -0.1) is 24.8 Å². The van der Waals surface area contributed by atoms with E-state index in [2.05, 4.69) is 15.9 Å². The lowest BCUT2D eigenvalue weighted by molar-refractivity contribution is -0.124. The van der Waals surface area contributed by atoms with Gasteiger partial charge in [0.25, 0.3) is 5.24 Å². The number of amides is 2. The molecule has 0 atom stereocenters. The van der Waals surface area contributed by atoms with E-state index in [0.717, 1.165) is 68.8 Å². The number of hydrogen-bond donors (Lipinski definition) is 0. The third-order valence-electron chi connectivity index (χ3n) is 4.74. The molecule has 2 saturated heterocycles. The fraction of sp³-hybridized carbons (Fsp3) is 0.556. The average Bonchev–Trinajstić information content (AvgIpc) is 2.97. The predicted molar refractivity (Wildman–Crippen MR) is 115 cm³/mol. The van der Waals surface area contributed by atoms with Gasteiger partial charge < -0.3 is 9.64 Å². The normalized spacial score (nSPS) is 17.5. The number of rotatable bonds is 7. The molecule has 27 heavy (non-hydrogen) atoms. The second-order valence-corrected chi connectivity index (χ2v) is 7.23. The Hall–Kier alpha value is -1.15. The largest absolute Gasteiger partial charge is 0.495 e. The first-order valence-corrected chi connectivity index (χ1v) is 9.75. The minimum Gasteiger partial charge on any atom is -0.495 e. The molecule has 2 aliphatic rings. The summed E-state index contributed by atoms with van der Waals surface area (Å²) < 4.78 is 5.45. The number of ether oxygens (including phenoxy) is 1. The Kier molecular flexibility index (Phi) is 10.3. The summed E-state index contributed by atoms with van der Waals surface area (Å²) in [7, 11) is 1.71. The first-order chi connectivity index (χ1) is 12.2. The second-order valence-electron chi connectivity index (χ2n) is 6.31. The fourth-order valence-electron chi connectivity index (χ4n) is 3.31. The predicted octanol–water partition coefficient (Wildman–Crippen LogP) is 3.14. The highest BCUT2D eigenvalue weighted by molar-refractivity contribution is 8.14. The van der Waals surface area contributed by atoms with E-state index in [1.165, 1.54) is 4.90 Å². The number of anilines is 1. The number of methoxy groups -OCH3 is 1. The third kappa shape index (κ3) is 6.17. The zero-order valence-corrected chi connectivity index (χ0v) is 17.9. The van der Waals surface area contributed by atoms with Crippen molar-refractivity contribution in [2.24, 2.45) is 0 Å². The van der Waals surface area contributed by atoms with Crippen molar-refractivity contribution in [3.05, 3.63) is 24.3 Å². The molecule has 0 bridgehead atoms. The van der Waals surface area contributed by atoms with Gasteiger partial charge in [0.1, 0.15) is 5.75 Å². The summed E-state index contributed by atoms with van der Waals surface area (Å²) in [6.45, 7) is 5.60. The quantitative estimate of drug-likeness (QED) is 0.613. The Balaban J connectivity index is 0.00000182. The molecule has 0 aliphatic carbocycles. The van der Waals surface area contributed by atoms with Crippen molar-refractivity contribution in [2.75, 3.05) is 57.0 Å². The zero-order chi connectivity index (χ0) is 17.6. The van der Waals surface area contributed by atoms with E-state index in [1.54, 1.807) is 7.11 Å². The zero-order valence-electron chi connectivity index (χ0n) is 15.5. The molecule has 2 heterocycles. The molecule has 2 amide bonds. The van der Waals surface area contributed by atoms with Crippen molar-refractivity contribution in [1.82, 2.24) is 9.80 Å². The number of carbonyl (C=O) groups excluding carboxylic acids is 2. The summed E-state index contributed by atoms with van der Waals surface area (Å²) in [4.78, 5) is 29.3. The van der Waals surface area contributed by atoms with E-state index in [9.17, 15) is 9.59 Å². The van der Waals surface area contributed by atoms with Crippen molar-refractivity contribution in [1.29, 1.82) is 0 Å². The van der Waals surface area contributed by atoms with Crippen molar-refractivity contribution in [3.8, 4) is 5.75 Å². The van der Waals surface area contributed by atoms with E-state index >= 15 is 0 Å². The molecule has 0 aromatic heterocycles. The van der Waals surface area contributed by atoms with Gasteiger partial charge in [0.05, 0.1) is 18.6 Å². The summed E-state index contributed by atoms with van der Waals surface area (Å²) in [5.41, 5.74) is 1.16. The van der Waals surface area contributed by atoms with Crippen LogP contribution in [0.1, 0.15) is 12.8 Å². The molecule has 2 fully saturated rings. The van der Waals surface area contributed by atoms with Gasteiger partial charge in [-0.1, -0.05) is 23.9 Å². The minimum absolute atomic E-state index is 0. The van der Waals surface area contributed by atoms with Crippen LogP contribution in [0, 0.1) is 0 Å². The van der Waals surface area contributed by atoms with Crippen LogP contribution in [0.2, 0.25) is 0 Å². The smallest absolute Gasteiger partial charge is 0.288 e. The molecule has 2 aliphatic heterocycles. The van der Waals surface area contributed by atoms with Crippen LogP contribution >= 0.6 is 36.6 Å². The van der Waals surface area contributed by atoms with Crippen LogP contribution in [-0.2, 0) is 4.79 Å². The van der Waals surface area contributed by atoms with Crippen molar-refractivity contribution >= 4 is 53.4 Å². The highest BCUT2D eigenvalue weighted by Gasteiger charge is 2.29. The molecule has 0 N–H and O–H groups in total. The summed E-state index contributed by atoms with van der Waals surface area (Å²) in [6, 6.07) is 8.15. The number of halogens is 2. The Labute approximate surface area is 177 Å². The molecule has 0 unspecified atom stereocenters. The summed E-state index contributed by atoms with van der Waals surface area (Å²) >= 11 is 1.11. The lowest BCUT2D eigenvalue weighted by atomic mass is 10.2. The Bertz CT molecular complexity index is 612. The number of piperazine rings is 1. The highest BCUT2D eigenvalue weighted by atomic mass is 35.5. The molecule has 3 rings (SSSR count). The number of para-hydroxylation sites is 2. The third-order valence-corrected chi connectivity index (χ3v) is 5.60. The molecular weight excluding hydrogens is 409 g/mol. The minimum atomic E-state index is -0.0876. The maximum Gasteiger partial charge on any atom is 0.288 e. The number of carbonyl (C=O) groups is 2. The molecule has 0 radical (unpaired) electrons. The monoisotopic (exact) mass is 435 g/mol. The van der Waals surface area contributed by atoms with Gasteiger partial charge in [-0.25, -0.2) is 0 Å². The Morgan fingerprint density at radius 3 is 2.30 bits per heavy atom. The number of nitrogens with zero attached hydrogens (tertiary/aromatic N) is 3. The van der Waals surface area contributed by atoms with Gasteiger partial charge in [-0.05, 0) is 31.5 Å². The van der Waals surface area contributed by atoms with Gasteiger partial charge in [-0.2, -0.15) is 0 Å². The maximum absolute atomic E-state index is 11.6. The summed E-state index contributed by atoms with van der Waals surface area (Å²) in [5, 5.41) is -0.0876. The van der Waals surface area contributed by atoms with Crippen LogP contribution in [0.3, 0.4) is 0 Å². The van der Waals surface area contributed by atoms with Gasteiger partial charge >= 0.3 is 0 Å². The topological polar surface area (TPSA) is 53.1 Å². The molecule has 1 aromatic rings. The molecule has 152 valence electrons. The van der Waals surface area contributed by atoms with Crippen LogP contribution in [0.5, 0.6) is 5.75 Å². The van der Waals surface area contributed by atoms with Gasteiger partial charge in [-0.3, -0.25) is 19.4 Å². The molecular formula is C18H27Cl2N3O3S. The number of imide groups is 1. The van der Waals surface area contributed by atoms with Gasteiger partial charge in [0.15, 0.2) is 0 Å². The number of benzene rings is 1. The first-order valence-electron chi connectivity index (χ1n) is 8.76. The number of hydrogen-bond acceptors (Lipinski definition) is 6. The van der Waals surface area contributed by atoms with E-state index in [-0.39, 0.29) is 36.0 Å². The highest BCUT2D eigenvalue weighted by Crippen LogP contribution is 2.28. The van der Waals surface area contributed by atoms with Gasteiger partial charge in [0, 0.05) is 32.7 Å². The fourth-order valence-corrected chi connectivity index (χ4v) is 4.06. The van der Waals surface area contributed by atoms with Crippen LogP contribution < -0.4 is 9.64 Å². The SMILES string of the molecule is COc1ccccc1N1CCN(CCCCN2C(=O)CSC2=O)CC1.Cl.Cl. The lowest BCUT2D eigenvalue weighted by Crippen LogP contribution is -2.46. The molecule has 0 saturated carbocycles. The van der Waals surface area contributed by atoms with Crippen LogP contribution in [0.25, 0.3) is 0 Å². The molecule has 9 heteroatoms. The van der Waals surface area contributed by atoms with E-state index in [1.807, 2.05) is 18.2 Å². The standard InChI is InChI=1S/C18H25N3O3S.2ClH/c1-24-16-7-3-2-6-15(16)20-12-10-19(11-13-20)8-4-5-9-21-17(22)14-25-18(21)23;;/h2-3,6-7H,4-5,8-14H2,1H3;2*1H. The second kappa shape index (κ2) is 11.6. The average molecular weight is 436 g/mol. The number of thioether (sulfide) groups is 1. The van der Waals surface area contributed by atoms with E-state index < -0.39 is 0 Å². The van der Waals surface area contributed by atoms with E-state index in [0.29, 0.717) is 12.3 Å². The lowest BCUT2D eigenvalue weighted by Gasteiger charge is -2.36. The van der Waals surface area contributed by atoms with Gasteiger partial charge in [0.2, 0.25) is 5.91 Å². The number of unbranched alkanes of at least 4 members (excludes halogenated alkanes) is 1. The molecule has 0 spiro atoms. The van der Waals surface area contributed by atoms with Crippen LogP contribution in [-0.4, -0.2) is 73.1 Å².